The van der Waals surface area contributed by atoms with E-state index in [-0.39, 0.29) is 18.9 Å². The molecule has 14 heteroatoms. The summed E-state index contributed by atoms with van der Waals surface area (Å²) in [7, 11) is 0. The summed E-state index contributed by atoms with van der Waals surface area (Å²) in [6, 6.07) is -0.907. The molecule has 0 aliphatic carbocycles. The Morgan fingerprint density at radius 1 is 0.473 bits per heavy atom. The summed E-state index contributed by atoms with van der Waals surface area (Å²) in [5.41, 5.74) is 0. The predicted molar refractivity (Wildman–Crippen MR) is 295 cm³/mol. The first-order chi connectivity index (χ1) is 36.1. The van der Waals surface area contributed by atoms with E-state index in [1.165, 1.54) is 199 Å². The number of hydrogen-bond donors (Lipinski definition) is 9. The molecule has 2 saturated heterocycles. The number of allylic oxidation sites excluding steroid dienone is 3. The van der Waals surface area contributed by atoms with Gasteiger partial charge in [-0.2, -0.15) is 0 Å². The molecule has 0 bridgehead atoms. The smallest absolute Gasteiger partial charge is 0.220 e. The SMILES string of the molecule is CCC/C=C/C(O)C(COC1OC(CO)C(OC2OC(CO)C(O)C(O)C2O)C(O)C1O)NC(=O)CCCCCCCCCCCCCCCCCCCCCCCCCCC/C=C\CCCCCCCCCC. The van der Waals surface area contributed by atoms with Gasteiger partial charge in [0.2, 0.25) is 5.91 Å². The molecule has 2 aliphatic rings. The number of ether oxygens (including phenoxy) is 4. The number of nitrogens with one attached hydrogen (secondary N) is 1. The second kappa shape index (κ2) is 46.4. The number of rotatable bonds is 49. The molecule has 0 radical (unpaired) electrons. The second-order valence-electron chi connectivity index (χ2n) is 21.8. The van der Waals surface area contributed by atoms with Crippen LogP contribution in [0.4, 0.5) is 0 Å². The molecule has 2 rings (SSSR count). The standard InChI is InChI=1S/C60H113NO13/c1-3-5-7-8-9-10-11-12-13-14-15-16-17-18-19-20-21-22-23-24-25-26-27-28-29-30-31-32-33-34-35-36-37-38-39-40-42-44-52(65)61-48(49(64)43-41-6-4-2)47-71-59-57(70)55(68)58(51(46-63)73-59)74-60-56(69)54(67)53(66)50(45-62)72-60/h14-15,41,43,48-51,53-60,62-64,66-70H,3-13,16-40,42,44-47H2,1-2H3,(H,61,65)/b15-14-,43-41+. The molecule has 1 amide bonds. The van der Waals surface area contributed by atoms with Crippen molar-refractivity contribution in [3.05, 3.63) is 24.3 Å². The van der Waals surface area contributed by atoms with E-state index < -0.39 is 86.8 Å². The maximum Gasteiger partial charge on any atom is 0.220 e. The Balaban J connectivity index is 1.44. The number of carbonyl (C=O) groups is 1. The predicted octanol–water partition coefficient (Wildman–Crippen LogP) is 10.4. The molecule has 0 saturated carbocycles. The quantitative estimate of drug-likeness (QED) is 0.0204. The summed E-state index contributed by atoms with van der Waals surface area (Å²) in [6.45, 7) is 2.58. The van der Waals surface area contributed by atoms with Crippen LogP contribution in [0.3, 0.4) is 0 Å². The van der Waals surface area contributed by atoms with E-state index in [1.807, 2.05) is 13.0 Å². The lowest BCUT2D eigenvalue weighted by molar-refractivity contribution is -0.359. The fourth-order valence-electron chi connectivity index (χ4n) is 10.2. The van der Waals surface area contributed by atoms with Crippen LogP contribution in [0, 0.1) is 0 Å². The number of carbonyl (C=O) groups excluding carboxylic acids is 1. The minimum absolute atomic E-state index is 0.247. The highest BCUT2D eigenvalue weighted by atomic mass is 16.7. The van der Waals surface area contributed by atoms with Crippen LogP contribution >= 0.6 is 0 Å². The van der Waals surface area contributed by atoms with Crippen LogP contribution in [-0.4, -0.2) is 140 Å². The Kier molecular flexibility index (Phi) is 43.0. The highest BCUT2D eigenvalue weighted by Gasteiger charge is 2.51. The highest BCUT2D eigenvalue weighted by Crippen LogP contribution is 2.30. The lowest BCUT2D eigenvalue weighted by Gasteiger charge is -2.46. The Hall–Kier alpha value is -1.53. The molecule has 9 N–H and O–H groups in total. The van der Waals surface area contributed by atoms with Crippen LogP contribution in [0.25, 0.3) is 0 Å². The summed E-state index contributed by atoms with van der Waals surface area (Å²) >= 11 is 0. The first-order valence-corrected chi connectivity index (χ1v) is 30.6. The third kappa shape index (κ3) is 31.8. The van der Waals surface area contributed by atoms with Crippen LogP contribution in [0.2, 0.25) is 0 Å². The van der Waals surface area contributed by atoms with Crippen molar-refractivity contribution in [3.8, 4) is 0 Å². The number of hydrogen-bond acceptors (Lipinski definition) is 13. The summed E-state index contributed by atoms with van der Waals surface area (Å²) < 4.78 is 22.5. The Bertz CT molecular complexity index is 1340. The van der Waals surface area contributed by atoms with Gasteiger partial charge in [0.1, 0.15) is 48.8 Å². The average Bonchev–Trinajstić information content (AvgIpc) is 3.40. The maximum absolute atomic E-state index is 13.0. The summed E-state index contributed by atoms with van der Waals surface area (Å²) in [6.07, 6.45) is 39.7. The van der Waals surface area contributed by atoms with Crippen molar-refractivity contribution in [1.82, 2.24) is 5.32 Å². The Labute approximate surface area is 449 Å². The number of aliphatic hydroxyl groups is 8. The van der Waals surface area contributed by atoms with Crippen LogP contribution in [0.15, 0.2) is 24.3 Å². The van der Waals surface area contributed by atoms with E-state index in [9.17, 15) is 45.6 Å². The fourth-order valence-corrected chi connectivity index (χ4v) is 10.2. The van der Waals surface area contributed by atoms with Crippen LogP contribution < -0.4 is 5.32 Å². The Morgan fingerprint density at radius 3 is 1.31 bits per heavy atom. The summed E-state index contributed by atoms with van der Waals surface area (Å²) in [5.74, 6) is -0.247. The normalized spacial score (nSPS) is 25.3. The zero-order valence-electron chi connectivity index (χ0n) is 46.8. The van der Waals surface area contributed by atoms with E-state index in [0.29, 0.717) is 6.42 Å². The van der Waals surface area contributed by atoms with E-state index in [1.54, 1.807) is 6.08 Å². The van der Waals surface area contributed by atoms with Crippen molar-refractivity contribution in [2.24, 2.45) is 0 Å². The molecule has 436 valence electrons. The fraction of sp³-hybridized carbons (Fsp3) is 0.917. The van der Waals surface area contributed by atoms with Gasteiger partial charge in [0.15, 0.2) is 12.6 Å². The molecule has 0 aromatic heterocycles. The van der Waals surface area contributed by atoms with E-state index in [4.69, 9.17) is 18.9 Å². The van der Waals surface area contributed by atoms with E-state index in [0.717, 1.165) is 32.1 Å². The van der Waals surface area contributed by atoms with Gasteiger partial charge in [-0.25, -0.2) is 0 Å². The molecule has 2 fully saturated rings. The zero-order chi connectivity index (χ0) is 53.9. The third-order valence-corrected chi connectivity index (χ3v) is 15.1. The largest absolute Gasteiger partial charge is 0.394 e. The lowest BCUT2D eigenvalue weighted by Crippen LogP contribution is -2.65. The topological polar surface area (TPSA) is 228 Å². The molecule has 14 nitrogen and oxygen atoms in total. The second-order valence-corrected chi connectivity index (χ2v) is 21.8. The molecule has 74 heavy (non-hydrogen) atoms. The average molecular weight is 1060 g/mol. The van der Waals surface area contributed by atoms with Gasteiger partial charge >= 0.3 is 0 Å². The van der Waals surface area contributed by atoms with Gasteiger partial charge in [-0.1, -0.05) is 237 Å². The molecule has 2 heterocycles. The van der Waals surface area contributed by atoms with Gasteiger partial charge in [-0.15, -0.1) is 0 Å². The van der Waals surface area contributed by atoms with Gasteiger partial charge in [-0.05, 0) is 38.5 Å². The van der Waals surface area contributed by atoms with E-state index >= 15 is 0 Å². The summed E-state index contributed by atoms with van der Waals surface area (Å²) in [4.78, 5) is 13.0. The molecular weight excluding hydrogens is 943 g/mol. The molecule has 0 spiro atoms. The van der Waals surface area contributed by atoms with Gasteiger partial charge in [-0.3, -0.25) is 4.79 Å². The molecule has 12 atom stereocenters. The number of unbranched alkanes of at least 4 members (excludes halogenated alkanes) is 34. The van der Waals surface area contributed by atoms with Crippen molar-refractivity contribution < 1.29 is 64.6 Å². The first kappa shape index (κ1) is 68.6. The lowest BCUT2D eigenvalue weighted by atomic mass is 9.97. The molecule has 2 aliphatic heterocycles. The van der Waals surface area contributed by atoms with Crippen molar-refractivity contribution in [3.63, 3.8) is 0 Å². The highest BCUT2D eigenvalue weighted by molar-refractivity contribution is 5.76. The van der Waals surface area contributed by atoms with Crippen molar-refractivity contribution in [2.75, 3.05) is 19.8 Å². The minimum atomic E-state index is -1.78. The van der Waals surface area contributed by atoms with E-state index in [2.05, 4.69) is 24.4 Å². The van der Waals surface area contributed by atoms with Gasteiger partial charge in [0.25, 0.3) is 0 Å². The van der Waals surface area contributed by atoms with Gasteiger partial charge < -0.3 is 65.1 Å². The van der Waals surface area contributed by atoms with Crippen molar-refractivity contribution >= 4 is 5.91 Å². The third-order valence-electron chi connectivity index (χ3n) is 15.1. The summed E-state index contributed by atoms with van der Waals surface area (Å²) in [5, 5.41) is 86.0. The van der Waals surface area contributed by atoms with Crippen LogP contribution in [0.1, 0.15) is 258 Å². The van der Waals surface area contributed by atoms with Gasteiger partial charge in [0, 0.05) is 6.42 Å². The van der Waals surface area contributed by atoms with Gasteiger partial charge in [0.05, 0.1) is 32.0 Å². The van der Waals surface area contributed by atoms with Crippen molar-refractivity contribution in [2.45, 2.75) is 331 Å². The molecular formula is C60H113NO13. The monoisotopic (exact) mass is 1060 g/mol. The molecule has 12 unspecified atom stereocenters. The number of aliphatic hydroxyl groups excluding tert-OH is 8. The molecule has 0 aromatic rings. The first-order valence-electron chi connectivity index (χ1n) is 30.6. The Morgan fingerprint density at radius 2 is 0.878 bits per heavy atom. The number of amides is 1. The zero-order valence-corrected chi connectivity index (χ0v) is 46.8. The van der Waals surface area contributed by atoms with Crippen LogP contribution in [-0.2, 0) is 23.7 Å². The minimum Gasteiger partial charge on any atom is -0.394 e. The van der Waals surface area contributed by atoms with Crippen molar-refractivity contribution in [1.29, 1.82) is 0 Å². The molecule has 0 aromatic carbocycles. The maximum atomic E-state index is 13.0. The van der Waals surface area contributed by atoms with Crippen LogP contribution in [0.5, 0.6) is 0 Å².